The van der Waals surface area contributed by atoms with E-state index in [9.17, 15) is 0 Å². The molecule has 1 aliphatic rings. The molecule has 2 aromatic heterocycles. The van der Waals surface area contributed by atoms with E-state index in [0.29, 0.717) is 11.8 Å². The summed E-state index contributed by atoms with van der Waals surface area (Å²) in [5, 5.41) is 12.0. The van der Waals surface area contributed by atoms with E-state index in [1.807, 2.05) is 13.8 Å². The molecule has 0 bridgehead atoms. The van der Waals surface area contributed by atoms with Gasteiger partial charge in [0.15, 0.2) is 16.8 Å². The maximum atomic E-state index is 7.57. The zero-order valence-electron chi connectivity index (χ0n) is 18.8. The van der Waals surface area contributed by atoms with Gasteiger partial charge >= 0.3 is 0 Å². The number of aromatic nitrogens is 2. The molecule has 0 amide bonds. The van der Waals surface area contributed by atoms with Crippen LogP contribution < -0.4 is 5.32 Å². The molecule has 1 unspecified atom stereocenters. The number of hydrogen-bond acceptors (Lipinski definition) is 6. The Morgan fingerprint density at radius 1 is 1.06 bits per heavy atom. The molecule has 5 rings (SSSR count). The first-order chi connectivity index (χ1) is 15.6. The third-order valence-electron chi connectivity index (χ3n) is 5.46. The highest BCUT2D eigenvalue weighted by Crippen LogP contribution is 2.40. The van der Waals surface area contributed by atoms with Gasteiger partial charge in [-0.1, -0.05) is 30.3 Å². The van der Waals surface area contributed by atoms with Gasteiger partial charge in [-0.2, -0.15) is 0 Å². The number of aliphatic hydroxyl groups is 1. The minimum atomic E-state index is 0.250. The summed E-state index contributed by atoms with van der Waals surface area (Å²) in [6, 6.07) is 19.0. The van der Waals surface area contributed by atoms with Crippen LogP contribution in [0.25, 0.3) is 11.3 Å². The van der Waals surface area contributed by atoms with Crippen LogP contribution in [0.5, 0.6) is 0 Å². The largest absolute Gasteiger partial charge is 0.441 e. The lowest BCUT2D eigenvalue weighted by molar-refractivity contribution is 0.318. The van der Waals surface area contributed by atoms with Gasteiger partial charge in [-0.15, -0.1) is 11.3 Å². The quantitative estimate of drug-likeness (QED) is 0.368. The van der Waals surface area contributed by atoms with Crippen molar-refractivity contribution in [1.29, 1.82) is 0 Å². The molecule has 1 aliphatic carbocycles. The van der Waals surface area contributed by atoms with Crippen molar-refractivity contribution in [2.24, 2.45) is 0 Å². The number of aryl methyl sites for hydroxylation is 3. The lowest BCUT2D eigenvalue weighted by Gasteiger charge is -2.21. The Labute approximate surface area is 193 Å². The molecule has 4 aromatic rings. The summed E-state index contributed by atoms with van der Waals surface area (Å²) in [6.07, 6.45) is 3.52. The number of benzene rings is 2. The van der Waals surface area contributed by atoms with Crippen LogP contribution >= 0.6 is 11.3 Å². The molecule has 5 nitrogen and oxygen atoms in total. The fourth-order valence-electron chi connectivity index (χ4n) is 4.11. The topological polar surface area (TPSA) is 71.2 Å². The third kappa shape index (κ3) is 4.92. The Hall–Kier alpha value is -2.96. The summed E-state index contributed by atoms with van der Waals surface area (Å²) in [4.78, 5) is 10.8. The van der Waals surface area contributed by atoms with E-state index in [1.54, 1.807) is 18.3 Å². The van der Waals surface area contributed by atoms with E-state index in [2.05, 4.69) is 64.9 Å². The Morgan fingerprint density at radius 2 is 1.78 bits per heavy atom. The van der Waals surface area contributed by atoms with E-state index in [-0.39, 0.29) is 6.61 Å². The Balaban J connectivity index is 0.000000775. The lowest BCUT2D eigenvalue weighted by atomic mass is 9.85. The van der Waals surface area contributed by atoms with Gasteiger partial charge in [0.2, 0.25) is 0 Å². The molecule has 2 heterocycles. The number of aliphatic hydroxyl groups excluding tert-OH is 1. The van der Waals surface area contributed by atoms with Gasteiger partial charge in [0.05, 0.1) is 11.4 Å². The van der Waals surface area contributed by atoms with Crippen LogP contribution in [0.15, 0.2) is 59.0 Å². The number of nitrogens with zero attached hydrogens (tertiary/aromatic N) is 2. The molecule has 0 spiro atoms. The summed E-state index contributed by atoms with van der Waals surface area (Å²) in [6.45, 7) is 5.78. The fraction of sp³-hybridized carbons (Fsp3) is 0.308. The highest BCUT2D eigenvalue weighted by atomic mass is 32.1. The molecule has 0 saturated carbocycles. The third-order valence-corrected chi connectivity index (χ3v) is 6.50. The number of fused-ring (bicyclic) bond motifs is 1. The molecule has 32 heavy (non-hydrogen) atoms. The van der Waals surface area contributed by atoms with Gasteiger partial charge in [0.1, 0.15) is 0 Å². The number of anilines is 2. The predicted molar refractivity (Wildman–Crippen MR) is 131 cm³/mol. The first kappa shape index (κ1) is 22.2. The average Bonchev–Trinajstić information content (AvgIpc) is 3.37. The van der Waals surface area contributed by atoms with E-state index in [0.717, 1.165) is 34.3 Å². The summed E-state index contributed by atoms with van der Waals surface area (Å²) < 4.78 is 5.73. The zero-order chi connectivity index (χ0) is 22.5. The van der Waals surface area contributed by atoms with Gasteiger partial charge < -0.3 is 14.8 Å². The maximum absolute atomic E-state index is 7.57. The molecule has 2 aromatic carbocycles. The van der Waals surface area contributed by atoms with Crippen molar-refractivity contribution in [2.45, 2.75) is 46.0 Å². The van der Waals surface area contributed by atoms with Crippen LogP contribution in [-0.4, -0.2) is 21.7 Å². The van der Waals surface area contributed by atoms with Gasteiger partial charge in [0, 0.05) is 35.6 Å². The van der Waals surface area contributed by atoms with E-state index < -0.39 is 0 Å². The summed E-state index contributed by atoms with van der Waals surface area (Å²) in [5.41, 5.74) is 5.61. The molecular weight excluding hydrogens is 418 g/mol. The molecule has 1 atom stereocenters. The monoisotopic (exact) mass is 447 g/mol. The van der Waals surface area contributed by atoms with Crippen molar-refractivity contribution in [3.63, 3.8) is 0 Å². The van der Waals surface area contributed by atoms with Gasteiger partial charge in [-0.3, -0.25) is 0 Å². The van der Waals surface area contributed by atoms with Gasteiger partial charge in [-0.05, 0) is 62.9 Å². The second-order valence-corrected chi connectivity index (χ2v) is 8.93. The number of thiazole rings is 1. The average molecular weight is 448 g/mol. The molecule has 0 saturated heterocycles. The van der Waals surface area contributed by atoms with E-state index >= 15 is 0 Å². The SMILES string of the molecule is CCO.Cc1nc(C)c(-c2ccc(Nc3nc4c(s3)CCCC4c3ccccc3)cc2)o1. The highest BCUT2D eigenvalue weighted by molar-refractivity contribution is 7.15. The Kier molecular flexibility index (Phi) is 7.02. The molecule has 166 valence electrons. The first-order valence-corrected chi connectivity index (χ1v) is 11.9. The number of oxazole rings is 1. The Bertz CT molecular complexity index is 1150. The smallest absolute Gasteiger partial charge is 0.192 e. The van der Waals surface area contributed by atoms with Crippen molar-refractivity contribution in [3.05, 3.63) is 82.3 Å². The van der Waals surface area contributed by atoms with Crippen molar-refractivity contribution >= 4 is 22.2 Å². The summed E-state index contributed by atoms with van der Waals surface area (Å²) in [5.74, 6) is 1.94. The number of rotatable bonds is 4. The van der Waals surface area contributed by atoms with E-state index in [4.69, 9.17) is 14.5 Å². The summed E-state index contributed by atoms with van der Waals surface area (Å²) in [7, 11) is 0. The van der Waals surface area contributed by atoms with Crippen molar-refractivity contribution in [2.75, 3.05) is 11.9 Å². The molecule has 6 heteroatoms. The number of nitrogens with one attached hydrogen (secondary N) is 1. The second-order valence-electron chi connectivity index (χ2n) is 7.85. The lowest BCUT2D eigenvalue weighted by Crippen LogP contribution is -2.09. The predicted octanol–water partition coefficient (Wildman–Crippen LogP) is 6.63. The minimum absolute atomic E-state index is 0.250. The van der Waals surface area contributed by atoms with Crippen LogP contribution in [0.1, 0.15) is 53.4 Å². The highest BCUT2D eigenvalue weighted by Gasteiger charge is 2.26. The zero-order valence-corrected chi connectivity index (χ0v) is 19.6. The van der Waals surface area contributed by atoms with Crippen LogP contribution in [0.2, 0.25) is 0 Å². The standard InChI is InChI=1S/C24H23N3OS.C2H6O/c1-15-23(28-16(2)25-15)18-11-13-19(14-12-18)26-24-27-22-20(9-6-10-21(22)29-24)17-7-4-3-5-8-17;1-2-3/h3-5,7-8,11-14,20H,6,9-10H2,1-2H3,(H,26,27);3H,2H2,1H3. The van der Waals surface area contributed by atoms with E-state index in [1.165, 1.54) is 29.0 Å². The second kappa shape index (κ2) is 10.1. The number of hydrogen-bond donors (Lipinski definition) is 2. The van der Waals surface area contributed by atoms with Crippen molar-refractivity contribution < 1.29 is 9.52 Å². The first-order valence-electron chi connectivity index (χ1n) is 11.1. The summed E-state index contributed by atoms with van der Waals surface area (Å²) >= 11 is 1.78. The van der Waals surface area contributed by atoms with Crippen LogP contribution in [0.3, 0.4) is 0 Å². The fourth-order valence-corrected chi connectivity index (χ4v) is 5.19. The Morgan fingerprint density at radius 3 is 2.44 bits per heavy atom. The van der Waals surface area contributed by atoms with Crippen LogP contribution in [0.4, 0.5) is 10.8 Å². The van der Waals surface area contributed by atoms with Crippen LogP contribution in [-0.2, 0) is 6.42 Å². The molecule has 2 N–H and O–H groups in total. The van der Waals surface area contributed by atoms with Gasteiger partial charge in [0.25, 0.3) is 0 Å². The molecule has 0 radical (unpaired) electrons. The molecule has 0 fully saturated rings. The van der Waals surface area contributed by atoms with Gasteiger partial charge in [-0.25, -0.2) is 9.97 Å². The maximum Gasteiger partial charge on any atom is 0.192 e. The normalized spacial score (nSPS) is 14.9. The van der Waals surface area contributed by atoms with Crippen molar-refractivity contribution in [3.8, 4) is 11.3 Å². The molecular formula is C26H29N3O2S. The van der Waals surface area contributed by atoms with Crippen LogP contribution in [0, 0.1) is 13.8 Å². The molecule has 0 aliphatic heterocycles. The van der Waals surface area contributed by atoms with Crippen molar-refractivity contribution in [1.82, 2.24) is 9.97 Å². The minimum Gasteiger partial charge on any atom is -0.441 e.